The van der Waals surface area contributed by atoms with E-state index in [0.717, 1.165) is 5.75 Å². The normalized spacial score (nSPS) is 15.0. The first-order valence-corrected chi connectivity index (χ1v) is 12.1. The molecule has 1 saturated heterocycles. The summed E-state index contributed by atoms with van der Waals surface area (Å²) in [5, 5.41) is 2.03. The lowest BCUT2D eigenvalue weighted by Crippen LogP contribution is -2.40. The Kier molecular flexibility index (Phi) is 7.31. The second-order valence-electron chi connectivity index (χ2n) is 5.96. The predicted molar refractivity (Wildman–Crippen MR) is 109 cm³/mol. The van der Waals surface area contributed by atoms with Crippen molar-refractivity contribution in [2.45, 2.75) is 10.6 Å². The Morgan fingerprint density at radius 3 is 2.59 bits per heavy atom. The van der Waals surface area contributed by atoms with Crippen LogP contribution in [0.3, 0.4) is 0 Å². The van der Waals surface area contributed by atoms with Gasteiger partial charge in [0.05, 0.1) is 18.1 Å². The average Bonchev–Trinajstić information content (AvgIpc) is 3.21. The number of thiophene rings is 1. The first kappa shape index (κ1) is 20.3. The number of carbonyl (C=O) groups excluding carboxylic acids is 1. The molecule has 0 bridgehead atoms. The molecule has 1 aliphatic heterocycles. The molecule has 1 aromatic carbocycles. The second-order valence-corrected chi connectivity index (χ2v) is 9.86. The van der Waals surface area contributed by atoms with Crippen molar-refractivity contribution in [3.05, 3.63) is 52.2 Å². The number of morpholine rings is 1. The smallest absolute Gasteiger partial charge is 0.254 e. The summed E-state index contributed by atoms with van der Waals surface area (Å²) in [6.07, 6.45) is 0. The van der Waals surface area contributed by atoms with Crippen molar-refractivity contribution in [3.8, 4) is 0 Å². The van der Waals surface area contributed by atoms with Gasteiger partial charge in [-0.05, 0) is 35.7 Å². The van der Waals surface area contributed by atoms with Crippen LogP contribution in [0.25, 0.3) is 0 Å². The molecule has 6 nitrogen and oxygen atoms in total. The fourth-order valence-corrected chi connectivity index (χ4v) is 5.49. The quantitative estimate of drug-likeness (QED) is 0.656. The van der Waals surface area contributed by atoms with Gasteiger partial charge in [0.1, 0.15) is 0 Å². The van der Waals surface area contributed by atoms with E-state index in [1.54, 1.807) is 40.1 Å². The number of benzene rings is 1. The Bertz CT molecular complexity index is 830. The minimum atomic E-state index is -3.57. The van der Waals surface area contributed by atoms with Crippen molar-refractivity contribution in [1.82, 2.24) is 9.62 Å². The minimum Gasteiger partial charge on any atom is -0.378 e. The molecule has 27 heavy (non-hydrogen) atoms. The first-order chi connectivity index (χ1) is 13.1. The molecule has 2 aromatic rings. The SMILES string of the molecule is O=C(c1ccc(S(=O)(=O)NCCSCc2cccs2)cc1)N1CCOCC1. The van der Waals surface area contributed by atoms with E-state index in [4.69, 9.17) is 4.74 Å². The lowest BCUT2D eigenvalue weighted by atomic mass is 10.2. The standard InChI is InChI=1S/C18H22N2O4S3/c21-18(20-8-10-24-11-9-20)15-3-5-17(6-4-15)27(22,23)19-7-13-25-14-16-2-1-12-26-16/h1-6,12,19H,7-11,13-14H2. The number of thioether (sulfide) groups is 1. The summed E-state index contributed by atoms with van der Waals surface area (Å²) < 4.78 is 32.6. The van der Waals surface area contributed by atoms with Crippen molar-refractivity contribution >= 4 is 39.0 Å². The van der Waals surface area contributed by atoms with Crippen LogP contribution in [0.15, 0.2) is 46.7 Å². The zero-order chi connectivity index (χ0) is 19.1. The monoisotopic (exact) mass is 426 g/mol. The van der Waals surface area contributed by atoms with E-state index in [2.05, 4.69) is 10.8 Å². The van der Waals surface area contributed by atoms with Gasteiger partial charge in [0.25, 0.3) is 5.91 Å². The summed E-state index contributed by atoms with van der Waals surface area (Å²) in [4.78, 5) is 15.6. The molecule has 1 amide bonds. The van der Waals surface area contributed by atoms with Gasteiger partial charge in [-0.25, -0.2) is 13.1 Å². The molecule has 1 aromatic heterocycles. The third-order valence-corrected chi connectivity index (χ3v) is 7.62. The van der Waals surface area contributed by atoms with Crippen molar-refractivity contribution in [3.63, 3.8) is 0 Å². The van der Waals surface area contributed by atoms with Crippen LogP contribution in [-0.2, 0) is 20.5 Å². The molecule has 0 radical (unpaired) electrons. The molecule has 0 saturated carbocycles. The van der Waals surface area contributed by atoms with Gasteiger partial charge in [0.2, 0.25) is 10.0 Å². The molecule has 1 N–H and O–H groups in total. The van der Waals surface area contributed by atoms with Gasteiger partial charge in [0.15, 0.2) is 0 Å². The predicted octanol–water partition coefficient (Wildman–Crippen LogP) is 2.43. The highest BCUT2D eigenvalue weighted by atomic mass is 32.2. The number of rotatable bonds is 8. The van der Waals surface area contributed by atoms with Crippen molar-refractivity contribution in [1.29, 1.82) is 0 Å². The van der Waals surface area contributed by atoms with Crippen LogP contribution in [0, 0.1) is 0 Å². The number of amides is 1. The summed E-state index contributed by atoms with van der Waals surface area (Å²) in [7, 11) is -3.57. The minimum absolute atomic E-state index is 0.0971. The van der Waals surface area contributed by atoms with E-state index in [1.165, 1.54) is 17.0 Å². The number of carbonyl (C=O) groups is 1. The number of nitrogens with zero attached hydrogens (tertiary/aromatic N) is 1. The Labute approximate surface area is 168 Å². The largest absolute Gasteiger partial charge is 0.378 e. The molecular weight excluding hydrogens is 404 g/mol. The third-order valence-electron chi connectivity index (χ3n) is 4.07. The van der Waals surface area contributed by atoms with Crippen LogP contribution in [-0.4, -0.2) is 57.8 Å². The van der Waals surface area contributed by atoms with Gasteiger partial charge in [-0.15, -0.1) is 11.3 Å². The molecule has 0 aliphatic carbocycles. The maximum atomic E-state index is 12.4. The summed E-state index contributed by atoms with van der Waals surface area (Å²) in [6, 6.07) is 10.2. The first-order valence-electron chi connectivity index (χ1n) is 8.63. The number of ether oxygens (including phenoxy) is 1. The van der Waals surface area contributed by atoms with E-state index < -0.39 is 10.0 Å². The average molecular weight is 427 g/mol. The zero-order valence-corrected chi connectivity index (χ0v) is 17.2. The van der Waals surface area contributed by atoms with E-state index in [1.807, 2.05) is 11.4 Å². The molecule has 1 fully saturated rings. The summed E-state index contributed by atoms with van der Waals surface area (Å²) >= 11 is 3.39. The van der Waals surface area contributed by atoms with Gasteiger partial charge >= 0.3 is 0 Å². The van der Waals surface area contributed by atoms with Crippen molar-refractivity contribution in [2.24, 2.45) is 0 Å². The summed E-state index contributed by atoms with van der Waals surface area (Å²) in [5.74, 6) is 1.49. The van der Waals surface area contributed by atoms with E-state index in [9.17, 15) is 13.2 Å². The van der Waals surface area contributed by atoms with Crippen LogP contribution in [0.1, 0.15) is 15.2 Å². The van der Waals surface area contributed by atoms with E-state index in [-0.39, 0.29) is 10.8 Å². The van der Waals surface area contributed by atoms with E-state index >= 15 is 0 Å². The molecule has 0 unspecified atom stereocenters. The van der Waals surface area contributed by atoms with Crippen molar-refractivity contribution < 1.29 is 17.9 Å². The van der Waals surface area contributed by atoms with Crippen LogP contribution < -0.4 is 4.72 Å². The third kappa shape index (κ3) is 5.79. The van der Waals surface area contributed by atoms with Gasteiger partial charge < -0.3 is 9.64 Å². The fourth-order valence-electron chi connectivity index (χ4n) is 2.62. The molecule has 0 atom stereocenters. The number of hydrogen-bond acceptors (Lipinski definition) is 6. The Balaban J connectivity index is 1.49. The highest BCUT2D eigenvalue weighted by Crippen LogP contribution is 2.17. The molecule has 2 heterocycles. The molecular formula is C18H22N2O4S3. The van der Waals surface area contributed by atoms with Crippen LogP contribution in [0.4, 0.5) is 0 Å². The molecule has 3 rings (SSSR count). The molecule has 9 heteroatoms. The lowest BCUT2D eigenvalue weighted by molar-refractivity contribution is 0.0303. The number of sulfonamides is 1. The molecule has 146 valence electrons. The van der Waals surface area contributed by atoms with Gasteiger partial charge in [-0.1, -0.05) is 6.07 Å². The lowest BCUT2D eigenvalue weighted by Gasteiger charge is -2.26. The van der Waals surface area contributed by atoms with Crippen molar-refractivity contribution in [2.75, 3.05) is 38.6 Å². The van der Waals surface area contributed by atoms with E-state index in [0.29, 0.717) is 44.2 Å². The maximum Gasteiger partial charge on any atom is 0.254 e. The number of hydrogen-bond donors (Lipinski definition) is 1. The Morgan fingerprint density at radius 1 is 1.19 bits per heavy atom. The molecule has 0 spiro atoms. The number of nitrogens with one attached hydrogen (secondary N) is 1. The highest BCUT2D eigenvalue weighted by molar-refractivity contribution is 7.98. The highest BCUT2D eigenvalue weighted by Gasteiger charge is 2.19. The zero-order valence-electron chi connectivity index (χ0n) is 14.8. The van der Waals surface area contributed by atoms with Crippen LogP contribution >= 0.6 is 23.1 Å². The fraction of sp³-hybridized carbons (Fsp3) is 0.389. The Hall–Kier alpha value is -1.39. The molecule has 1 aliphatic rings. The van der Waals surface area contributed by atoms with Gasteiger partial charge in [-0.3, -0.25) is 4.79 Å². The van der Waals surface area contributed by atoms with Crippen LogP contribution in [0.2, 0.25) is 0 Å². The summed E-state index contributed by atoms with van der Waals surface area (Å²) in [6.45, 7) is 2.55. The van der Waals surface area contributed by atoms with Crippen LogP contribution in [0.5, 0.6) is 0 Å². The summed E-state index contributed by atoms with van der Waals surface area (Å²) in [5.41, 5.74) is 0.488. The topological polar surface area (TPSA) is 75.7 Å². The van der Waals surface area contributed by atoms with Gasteiger partial charge in [0, 0.05) is 41.6 Å². The van der Waals surface area contributed by atoms with Gasteiger partial charge in [-0.2, -0.15) is 11.8 Å². The maximum absolute atomic E-state index is 12.4. The Morgan fingerprint density at radius 2 is 1.93 bits per heavy atom. The second kappa shape index (κ2) is 9.70.